The predicted molar refractivity (Wildman–Crippen MR) is 77.5 cm³/mol. The lowest BCUT2D eigenvalue weighted by molar-refractivity contribution is -0.116. The number of rotatable bonds is 5. The summed E-state index contributed by atoms with van der Waals surface area (Å²) >= 11 is 0. The third-order valence-corrected chi connectivity index (χ3v) is 2.95. The number of oxazole rings is 1. The van der Waals surface area contributed by atoms with Crippen LogP contribution in [-0.4, -0.2) is 21.1 Å². The first-order valence-corrected chi connectivity index (χ1v) is 6.60. The molecule has 0 aliphatic carbocycles. The summed E-state index contributed by atoms with van der Waals surface area (Å²) in [6.45, 7) is 0. The Bertz CT molecular complexity index is 704. The number of hydrogen-bond donors (Lipinski definition) is 2. The number of nitrogens with one attached hydrogen (secondary N) is 2. The smallest absolute Gasteiger partial charge is 0.226 e. The van der Waals surface area contributed by atoms with Crippen LogP contribution in [0.1, 0.15) is 12.3 Å². The molecule has 0 radical (unpaired) electrons. The Hall–Kier alpha value is -2.89. The van der Waals surface area contributed by atoms with Gasteiger partial charge in [0, 0.05) is 24.5 Å². The minimum absolute atomic E-state index is 0.112. The zero-order chi connectivity index (χ0) is 14.5. The van der Waals surface area contributed by atoms with Crippen molar-refractivity contribution in [3.8, 4) is 11.3 Å². The van der Waals surface area contributed by atoms with Gasteiger partial charge in [-0.05, 0) is 0 Å². The van der Waals surface area contributed by atoms with E-state index in [9.17, 15) is 4.79 Å². The first-order chi connectivity index (χ1) is 10.3. The van der Waals surface area contributed by atoms with Crippen molar-refractivity contribution < 1.29 is 9.21 Å². The second-order valence-corrected chi connectivity index (χ2v) is 4.50. The molecule has 2 N–H and O–H groups in total. The average Bonchev–Trinajstić information content (AvgIpc) is 3.17. The fourth-order valence-corrected chi connectivity index (χ4v) is 1.92. The first-order valence-electron chi connectivity index (χ1n) is 6.60. The van der Waals surface area contributed by atoms with Crippen LogP contribution in [0.3, 0.4) is 0 Å². The number of nitrogens with zero attached hydrogens (tertiary/aromatic N) is 2. The highest BCUT2D eigenvalue weighted by Gasteiger charge is 2.09. The Labute approximate surface area is 121 Å². The molecule has 0 aliphatic rings. The summed E-state index contributed by atoms with van der Waals surface area (Å²) < 4.78 is 5.64. The Morgan fingerprint density at radius 1 is 1.24 bits per heavy atom. The van der Waals surface area contributed by atoms with Crippen LogP contribution in [0.4, 0.5) is 5.82 Å². The Morgan fingerprint density at radius 2 is 2.10 bits per heavy atom. The number of aryl methyl sites for hydroxylation is 1. The maximum Gasteiger partial charge on any atom is 0.226 e. The summed E-state index contributed by atoms with van der Waals surface area (Å²) in [4.78, 5) is 15.9. The van der Waals surface area contributed by atoms with Crippen molar-refractivity contribution in [3.63, 3.8) is 0 Å². The lowest BCUT2D eigenvalue weighted by Crippen LogP contribution is -2.12. The molecule has 0 unspecified atom stereocenters. The normalized spacial score (nSPS) is 10.5. The number of aromatic nitrogens is 3. The number of aromatic amines is 1. The number of H-pyrrole nitrogens is 1. The maximum absolute atomic E-state index is 11.7. The number of hydrogen-bond acceptors (Lipinski definition) is 4. The lowest BCUT2D eigenvalue weighted by atomic mass is 10.2. The van der Waals surface area contributed by atoms with Gasteiger partial charge in [-0.3, -0.25) is 9.89 Å². The number of carbonyl (C=O) groups excluding carboxylic acids is 1. The van der Waals surface area contributed by atoms with Crippen LogP contribution in [0.5, 0.6) is 0 Å². The van der Waals surface area contributed by atoms with Crippen molar-refractivity contribution >= 4 is 11.7 Å². The molecule has 0 spiro atoms. The third-order valence-electron chi connectivity index (χ3n) is 2.95. The minimum Gasteiger partial charge on any atom is -0.441 e. The first kappa shape index (κ1) is 13.1. The zero-order valence-electron chi connectivity index (χ0n) is 11.2. The molecule has 0 atom stereocenters. The topological polar surface area (TPSA) is 83.8 Å². The van der Waals surface area contributed by atoms with E-state index in [0.29, 0.717) is 30.3 Å². The van der Waals surface area contributed by atoms with E-state index < -0.39 is 0 Å². The molecule has 106 valence electrons. The van der Waals surface area contributed by atoms with E-state index in [-0.39, 0.29) is 5.91 Å². The van der Waals surface area contributed by atoms with Crippen LogP contribution in [0.15, 0.2) is 53.2 Å². The van der Waals surface area contributed by atoms with Crippen LogP contribution in [-0.2, 0) is 11.2 Å². The van der Waals surface area contributed by atoms with Gasteiger partial charge in [-0.2, -0.15) is 5.10 Å². The van der Waals surface area contributed by atoms with Crippen LogP contribution in [0.25, 0.3) is 11.3 Å². The van der Waals surface area contributed by atoms with Crippen LogP contribution in [0.2, 0.25) is 0 Å². The maximum atomic E-state index is 11.7. The SMILES string of the molecule is O=C(CCc1ncc(-c2ccccc2)o1)Nc1ccn[nH]1. The van der Waals surface area contributed by atoms with Crippen molar-refractivity contribution in [2.45, 2.75) is 12.8 Å². The third kappa shape index (κ3) is 3.36. The molecule has 0 aliphatic heterocycles. The number of amides is 1. The molecule has 0 bridgehead atoms. The van der Waals surface area contributed by atoms with Crippen molar-refractivity contribution in [1.29, 1.82) is 0 Å². The Morgan fingerprint density at radius 3 is 2.86 bits per heavy atom. The van der Waals surface area contributed by atoms with E-state index in [1.807, 2.05) is 30.3 Å². The number of benzene rings is 1. The van der Waals surface area contributed by atoms with Crippen molar-refractivity contribution in [3.05, 3.63) is 54.7 Å². The molecule has 21 heavy (non-hydrogen) atoms. The predicted octanol–water partition coefficient (Wildman–Crippen LogP) is 2.64. The molecule has 0 saturated heterocycles. The van der Waals surface area contributed by atoms with Crippen LogP contribution in [0, 0.1) is 0 Å². The lowest BCUT2D eigenvalue weighted by Gasteiger charge is -2.00. The molecule has 1 amide bonds. The second kappa shape index (κ2) is 6.04. The summed E-state index contributed by atoms with van der Waals surface area (Å²) in [5.74, 6) is 1.73. The van der Waals surface area contributed by atoms with Gasteiger partial charge in [-0.25, -0.2) is 4.98 Å². The van der Waals surface area contributed by atoms with Gasteiger partial charge in [0.15, 0.2) is 11.7 Å². The van der Waals surface area contributed by atoms with Crippen molar-refractivity contribution in [1.82, 2.24) is 15.2 Å². The molecular weight excluding hydrogens is 268 g/mol. The standard InChI is InChI=1S/C15H14N4O2/c20-14(18-13-8-9-17-19-13)6-7-15-16-10-12(21-15)11-4-2-1-3-5-11/h1-5,8-10H,6-7H2,(H2,17,18,19,20). The van der Waals surface area contributed by atoms with E-state index in [0.717, 1.165) is 5.56 Å². The quantitative estimate of drug-likeness (QED) is 0.753. The molecule has 2 heterocycles. The molecule has 6 heteroatoms. The molecule has 0 saturated carbocycles. The van der Waals surface area contributed by atoms with Gasteiger partial charge in [0.25, 0.3) is 0 Å². The summed E-state index contributed by atoms with van der Waals surface area (Å²) in [5, 5.41) is 9.13. The zero-order valence-corrected chi connectivity index (χ0v) is 11.2. The average molecular weight is 282 g/mol. The van der Waals surface area contributed by atoms with Gasteiger partial charge in [0.05, 0.1) is 12.4 Å². The molecule has 3 aromatic rings. The highest BCUT2D eigenvalue weighted by atomic mass is 16.4. The van der Waals surface area contributed by atoms with Gasteiger partial charge in [-0.15, -0.1) is 0 Å². The van der Waals surface area contributed by atoms with E-state index in [2.05, 4.69) is 20.5 Å². The second-order valence-electron chi connectivity index (χ2n) is 4.50. The Balaban J connectivity index is 1.56. The monoisotopic (exact) mass is 282 g/mol. The summed E-state index contributed by atoms with van der Waals surface area (Å²) in [7, 11) is 0. The summed E-state index contributed by atoms with van der Waals surface area (Å²) in [6.07, 6.45) is 4.01. The van der Waals surface area contributed by atoms with Gasteiger partial charge in [-0.1, -0.05) is 30.3 Å². The highest BCUT2D eigenvalue weighted by Crippen LogP contribution is 2.20. The fourth-order valence-electron chi connectivity index (χ4n) is 1.92. The van der Waals surface area contributed by atoms with Gasteiger partial charge in [0.2, 0.25) is 5.91 Å². The fraction of sp³-hybridized carbons (Fsp3) is 0.133. The minimum atomic E-state index is -0.112. The molecule has 3 rings (SSSR count). The summed E-state index contributed by atoms with van der Waals surface area (Å²) in [6, 6.07) is 11.4. The van der Waals surface area contributed by atoms with E-state index in [1.165, 1.54) is 0 Å². The van der Waals surface area contributed by atoms with Gasteiger partial charge >= 0.3 is 0 Å². The van der Waals surface area contributed by atoms with Crippen LogP contribution >= 0.6 is 0 Å². The van der Waals surface area contributed by atoms with Gasteiger partial charge in [0.1, 0.15) is 5.82 Å². The molecule has 0 fully saturated rings. The van der Waals surface area contributed by atoms with Gasteiger partial charge < -0.3 is 9.73 Å². The van der Waals surface area contributed by atoms with Crippen LogP contribution < -0.4 is 5.32 Å². The van der Waals surface area contributed by atoms with E-state index in [4.69, 9.17) is 4.42 Å². The van der Waals surface area contributed by atoms with Crippen molar-refractivity contribution in [2.24, 2.45) is 0 Å². The summed E-state index contributed by atoms with van der Waals surface area (Å²) in [5.41, 5.74) is 0.971. The van der Waals surface area contributed by atoms with Crippen molar-refractivity contribution in [2.75, 3.05) is 5.32 Å². The Kier molecular flexibility index (Phi) is 3.77. The van der Waals surface area contributed by atoms with E-state index >= 15 is 0 Å². The molecular formula is C15H14N4O2. The number of anilines is 1. The largest absolute Gasteiger partial charge is 0.441 e. The molecule has 1 aromatic carbocycles. The van der Waals surface area contributed by atoms with E-state index in [1.54, 1.807) is 18.5 Å². The molecule has 2 aromatic heterocycles. The highest BCUT2D eigenvalue weighted by molar-refractivity contribution is 5.89. The number of carbonyl (C=O) groups is 1. The molecule has 6 nitrogen and oxygen atoms in total.